The molecule has 0 amide bonds. The Kier molecular flexibility index (Phi) is 6.49. The van der Waals surface area contributed by atoms with E-state index in [0.29, 0.717) is 0 Å². The van der Waals surface area contributed by atoms with Gasteiger partial charge in [0.15, 0.2) is 5.96 Å². The molecule has 0 saturated heterocycles. The zero-order valence-electron chi connectivity index (χ0n) is 13.5. The summed E-state index contributed by atoms with van der Waals surface area (Å²) in [4.78, 5) is 9.96. The van der Waals surface area contributed by atoms with Crippen molar-refractivity contribution in [3.8, 4) is 0 Å². The van der Waals surface area contributed by atoms with E-state index in [2.05, 4.69) is 34.5 Å². The molecule has 2 rings (SSSR count). The van der Waals surface area contributed by atoms with Crippen LogP contribution in [0.25, 0.3) is 0 Å². The second-order valence-corrected chi connectivity index (χ2v) is 7.44. The third-order valence-electron chi connectivity index (χ3n) is 4.22. The van der Waals surface area contributed by atoms with Crippen molar-refractivity contribution in [3.63, 3.8) is 0 Å². The molecule has 0 unspecified atom stereocenters. The largest absolute Gasteiger partial charge is 0.356 e. The normalized spacial score (nSPS) is 23.1. The summed E-state index contributed by atoms with van der Waals surface area (Å²) in [6.07, 6.45) is 8.36. The maximum atomic E-state index is 4.38. The summed E-state index contributed by atoms with van der Waals surface area (Å²) in [5.74, 6) is 2.64. The molecule has 0 bridgehead atoms. The molecule has 1 aliphatic carbocycles. The summed E-state index contributed by atoms with van der Waals surface area (Å²) < 4.78 is 0. The van der Waals surface area contributed by atoms with Crippen LogP contribution in [0.5, 0.6) is 0 Å². The second-order valence-electron chi connectivity index (χ2n) is 6.12. The fourth-order valence-electron chi connectivity index (χ4n) is 2.80. The Morgan fingerprint density at radius 1 is 1.33 bits per heavy atom. The fraction of sp³-hybridized carbons (Fsp3) is 0.750. The van der Waals surface area contributed by atoms with Crippen molar-refractivity contribution < 1.29 is 0 Å². The Bertz CT molecular complexity index is 447. The highest BCUT2D eigenvalue weighted by molar-refractivity contribution is 7.11. The average molecular weight is 308 g/mol. The van der Waals surface area contributed by atoms with Gasteiger partial charge in [0.2, 0.25) is 0 Å². The molecule has 0 spiro atoms. The van der Waals surface area contributed by atoms with Crippen LogP contribution < -0.4 is 10.6 Å². The lowest BCUT2D eigenvalue weighted by Crippen LogP contribution is -2.41. The number of hydrogen-bond acceptors (Lipinski definition) is 3. The van der Waals surface area contributed by atoms with Crippen LogP contribution in [0.1, 0.15) is 42.5 Å². The molecular formula is C16H28N4S. The number of aromatic nitrogens is 1. The minimum atomic E-state index is 0.807. The quantitative estimate of drug-likeness (QED) is 0.649. The lowest BCUT2D eigenvalue weighted by molar-refractivity contribution is 0.289. The van der Waals surface area contributed by atoms with Crippen molar-refractivity contribution in [2.24, 2.45) is 16.8 Å². The zero-order chi connectivity index (χ0) is 15.1. The van der Waals surface area contributed by atoms with E-state index in [-0.39, 0.29) is 0 Å². The van der Waals surface area contributed by atoms with E-state index in [1.54, 1.807) is 11.3 Å². The molecule has 5 heteroatoms. The molecule has 1 saturated carbocycles. The Labute approximate surface area is 132 Å². The van der Waals surface area contributed by atoms with Gasteiger partial charge in [-0.2, -0.15) is 0 Å². The van der Waals surface area contributed by atoms with Crippen LogP contribution in [0.2, 0.25) is 0 Å². The van der Waals surface area contributed by atoms with E-state index < -0.39 is 0 Å². The highest BCUT2D eigenvalue weighted by Crippen LogP contribution is 2.27. The van der Waals surface area contributed by atoms with Crippen LogP contribution >= 0.6 is 11.3 Å². The van der Waals surface area contributed by atoms with Crippen molar-refractivity contribution in [2.45, 2.75) is 46.0 Å². The Morgan fingerprint density at radius 2 is 2.10 bits per heavy atom. The van der Waals surface area contributed by atoms with Crippen LogP contribution in [-0.4, -0.2) is 31.1 Å². The maximum Gasteiger partial charge on any atom is 0.190 e. The van der Waals surface area contributed by atoms with E-state index >= 15 is 0 Å². The van der Waals surface area contributed by atoms with Gasteiger partial charge in [-0.25, -0.2) is 4.98 Å². The van der Waals surface area contributed by atoms with E-state index in [9.17, 15) is 0 Å². The third kappa shape index (κ3) is 5.65. The predicted octanol–water partition coefficient (Wildman–Crippen LogP) is 2.99. The average Bonchev–Trinajstić information content (AvgIpc) is 2.90. The molecule has 0 aliphatic heterocycles. The monoisotopic (exact) mass is 308 g/mol. The number of nitrogens with zero attached hydrogens (tertiary/aromatic N) is 2. The molecule has 1 aromatic rings. The molecule has 21 heavy (non-hydrogen) atoms. The number of rotatable bonds is 5. The first-order valence-electron chi connectivity index (χ1n) is 8.03. The zero-order valence-corrected chi connectivity index (χ0v) is 14.3. The number of aryl methyl sites for hydroxylation is 1. The van der Waals surface area contributed by atoms with Crippen LogP contribution in [-0.2, 0) is 6.42 Å². The first-order valence-corrected chi connectivity index (χ1v) is 8.85. The molecule has 1 aromatic heterocycles. The van der Waals surface area contributed by atoms with Gasteiger partial charge in [0.25, 0.3) is 0 Å². The van der Waals surface area contributed by atoms with Gasteiger partial charge >= 0.3 is 0 Å². The van der Waals surface area contributed by atoms with Crippen LogP contribution in [0, 0.1) is 18.8 Å². The molecule has 0 radical (unpaired) electrons. The highest BCUT2D eigenvalue weighted by atomic mass is 32.1. The van der Waals surface area contributed by atoms with Crippen LogP contribution in [0.3, 0.4) is 0 Å². The molecule has 1 fully saturated rings. The summed E-state index contributed by atoms with van der Waals surface area (Å²) in [6.45, 7) is 6.39. The number of hydrogen-bond donors (Lipinski definition) is 2. The molecule has 118 valence electrons. The van der Waals surface area contributed by atoms with Gasteiger partial charge in [0.05, 0.1) is 5.01 Å². The molecule has 0 atom stereocenters. The minimum absolute atomic E-state index is 0.807. The summed E-state index contributed by atoms with van der Waals surface area (Å²) >= 11 is 1.77. The Hall–Kier alpha value is -1.10. The van der Waals surface area contributed by atoms with E-state index in [1.165, 1.54) is 35.6 Å². The van der Waals surface area contributed by atoms with Crippen molar-refractivity contribution in [1.82, 2.24) is 15.6 Å². The van der Waals surface area contributed by atoms with Crippen LogP contribution in [0.4, 0.5) is 0 Å². The molecule has 0 aromatic carbocycles. The SMILES string of the molecule is CN=C(NCCc1ncc(C)s1)NCC1CCC(C)CC1. The van der Waals surface area contributed by atoms with Crippen molar-refractivity contribution in [1.29, 1.82) is 0 Å². The van der Waals surface area contributed by atoms with E-state index in [4.69, 9.17) is 0 Å². The Morgan fingerprint density at radius 3 is 2.71 bits per heavy atom. The van der Waals surface area contributed by atoms with Gasteiger partial charge in [-0.15, -0.1) is 11.3 Å². The number of thiazole rings is 1. The van der Waals surface area contributed by atoms with Gasteiger partial charge in [0, 0.05) is 37.6 Å². The van der Waals surface area contributed by atoms with Crippen molar-refractivity contribution in [2.75, 3.05) is 20.1 Å². The predicted molar refractivity (Wildman–Crippen MR) is 91.0 cm³/mol. The fourth-order valence-corrected chi connectivity index (χ4v) is 3.59. The Balaban J connectivity index is 1.64. The lowest BCUT2D eigenvalue weighted by atomic mass is 9.83. The van der Waals surface area contributed by atoms with Crippen molar-refractivity contribution >= 4 is 17.3 Å². The summed E-state index contributed by atoms with van der Waals surface area (Å²) in [5, 5.41) is 8.04. The van der Waals surface area contributed by atoms with Gasteiger partial charge in [-0.1, -0.05) is 19.8 Å². The summed E-state index contributed by atoms with van der Waals surface area (Å²) in [7, 11) is 1.84. The van der Waals surface area contributed by atoms with Gasteiger partial charge in [-0.3, -0.25) is 4.99 Å². The highest BCUT2D eigenvalue weighted by Gasteiger charge is 2.18. The third-order valence-corrected chi connectivity index (χ3v) is 5.19. The van der Waals surface area contributed by atoms with Crippen molar-refractivity contribution in [3.05, 3.63) is 16.1 Å². The van der Waals surface area contributed by atoms with E-state index in [0.717, 1.165) is 37.3 Å². The summed E-state index contributed by atoms with van der Waals surface area (Å²) in [6, 6.07) is 0. The molecule has 4 nitrogen and oxygen atoms in total. The molecular weight excluding hydrogens is 280 g/mol. The number of nitrogens with one attached hydrogen (secondary N) is 2. The number of guanidine groups is 1. The number of aliphatic imine (C=N–C) groups is 1. The van der Waals surface area contributed by atoms with Gasteiger partial charge in [0.1, 0.15) is 0 Å². The van der Waals surface area contributed by atoms with Crippen LogP contribution in [0.15, 0.2) is 11.2 Å². The maximum absolute atomic E-state index is 4.38. The topological polar surface area (TPSA) is 49.3 Å². The molecule has 1 heterocycles. The minimum Gasteiger partial charge on any atom is -0.356 e. The smallest absolute Gasteiger partial charge is 0.190 e. The second kappa shape index (κ2) is 8.37. The van der Waals surface area contributed by atoms with E-state index in [1.807, 2.05) is 13.2 Å². The first-order chi connectivity index (χ1) is 10.2. The standard InChI is InChI=1S/C16H28N4S/c1-12-4-6-14(7-5-12)11-20-16(17-3)18-9-8-15-19-10-13(2)21-15/h10,12,14H,4-9,11H2,1-3H3,(H2,17,18,20). The van der Waals surface area contributed by atoms with Gasteiger partial charge < -0.3 is 10.6 Å². The van der Waals surface area contributed by atoms with Gasteiger partial charge in [-0.05, 0) is 31.6 Å². The lowest BCUT2D eigenvalue weighted by Gasteiger charge is -2.26. The summed E-state index contributed by atoms with van der Waals surface area (Å²) in [5.41, 5.74) is 0. The molecule has 2 N–H and O–H groups in total. The molecule has 1 aliphatic rings. The first kappa shape index (κ1) is 16.3.